The van der Waals surface area contributed by atoms with Crippen molar-refractivity contribution in [2.75, 3.05) is 19.8 Å². The van der Waals surface area contributed by atoms with Crippen LogP contribution < -0.4 is 10.1 Å². The number of hydrogen-bond donors (Lipinski definition) is 2. The molecular formula is C18H31NO2. The second kappa shape index (κ2) is 9.06. The summed E-state index contributed by atoms with van der Waals surface area (Å²) >= 11 is 0. The lowest BCUT2D eigenvalue weighted by Gasteiger charge is -2.29. The van der Waals surface area contributed by atoms with E-state index in [1.165, 1.54) is 5.56 Å². The molecule has 1 aromatic rings. The van der Waals surface area contributed by atoms with Crippen molar-refractivity contribution in [3.63, 3.8) is 0 Å². The van der Waals surface area contributed by atoms with Gasteiger partial charge in [0.15, 0.2) is 0 Å². The molecular weight excluding hydrogens is 262 g/mol. The second-order valence-electron chi connectivity index (χ2n) is 6.09. The van der Waals surface area contributed by atoms with Crippen LogP contribution in [0.15, 0.2) is 24.3 Å². The Bertz CT molecular complexity index is 408. The van der Waals surface area contributed by atoms with Crippen molar-refractivity contribution in [3.05, 3.63) is 29.8 Å². The molecule has 0 amide bonds. The van der Waals surface area contributed by atoms with Gasteiger partial charge in [-0.1, -0.05) is 39.0 Å². The Balaban J connectivity index is 2.59. The molecule has 0 saturated carbocycles. The van der Waals surface area contributed by atoms with E-state index in [0.717, 1.165) is 31.6 Å². The van der Waals surface area contributed by atoms with E-state index in [2.05, 4.69) is 38.2 Å². The molecule has 0 heterocycles. The smallest absolute Gasteiger partial charge is 0.122 e. The van der Waals surface area contributed by atoms with Crippen LogP contribution in [0.3, 0.4) is 0 Å². The highest BCUT2D eigenvalue weighted by molar-refractivity contribution is 5.35. The zero-order valence-electron chi connectivity index (χ0n) is 14.0. The van der Waals surface area contributed by atoms with Gasteiger partial charge in [-0.05, 0) is 43.9 Å². The summed E-state index contributed by atoms with van der Waals surface area (Å²) < 4.78 is 5.99. The molecule has 0 aromatic heterocycles. The zero-order chi connectivity index (χ0) is 15.7. The van der Waals surface area contributed by atoms with E-state index >= 15 is 0 Å². The molecule has 1 aromatic carbocycles. The second-order valence-corrected chi connectivity index (χ2v) is 6.09. The van der Waals surface area contributed by atoms with E-state index in [9.17, 15) is 5.11 Å². The number of para-hydroxylation sites is 1. The number of ether oxygens (including phenoxy) is 1. The van der Waals surface area contributed by atoms with Crippen LogP contribution in [0, 0.1) is 0 Å². The summed E-state index contributed by atoms with van der Waals surface area (Å²) in [5, 5.41) is 13.0. The van der Waals surface area contributed by atoms with Gasteiger partial charge in [-0.15, -0.1) is 0 Å². The molecule has 120 valence electrons. The quantitative estimate of drug-likeness (QED) is 0.691. The Morgan fingerprint density at radius 2 is 2.00 bits per heavy atom. The summed E-state index contributed by atoms with van der Waals surface area (Å²) in [7, 11) is 0. The molecule has 0 bridgehead atoms. The van der Waals surface area contributed by atoms with Crippen molar-refractivity contribution < 1.29 is 9.84 Å². The lowest BCUT2D eigenvalue weighted by molar-refractivity contribution is 0.144. The third-order valence-electron chi connectivity index (χ3n) is 4.12. The Morgan fingerprint density at radius 3 is 2.62 bits per heavy atom. The number of hydrogen-bond acceptors (Lipinski definition) is 3. The van der Waals surface area contributed by atoms with E-state index in [1.807, 2.05) is 19.1 Å². The monoisotopic (exact) mass is 293 g/mol. The third-order valence-corrected chi connectivity index (χ3v) is 4.12. The van der Waals surface area contributed by atoms with E-state index in [0.29, 0.717) is 12.5 Å². The maximum Gasteiger partial charge on any atom is 0.122 e. The van der Waals surface area contributed by atoms with E-state index in [1.54, 1.807) is 0 Å². The summed E-state index contributed by atoms with van der Waals surface area (Å²) in [6.07, 6.45) is 2.96. The highest BCUT2D eigenvalue weighted by Crippen LogP contribution is 2.28. The fourth-order valence-corrected chi connectivity index (χ4v) is 2.28. The zero-order valence-corrected chi connectivity index (χ0v) is 14.0. The molecule has 0 aliphatic heterocycles. The summed E-state index contributed by atoms with van der Waals surface area (Å²) in [4.78, 5) is 0. The molecule has 0 aliphatic carbocycles. The average molecular weight is 293 g/mol. The van der Waals surface area contributed by atoms with Crippen LogP contribution in [0.4, 0.5) is 0 Å². The third kappa shape index (κ3) is 5.68. The predicted molar refractivity (Wildman–Crippen MR) is 89.0 cm³/mol. The summed E-state index contributed by atoms with van der Waals surface area (Å²) in [6, 6.07) is 8.26. The molecule has 2 unspecified atom stereocenters. The fraction of sp³-hybridized carbons (Fsp3) is 0.667. The minimum absolute atomic E-state index is 0.128. The first-order valence-corrected chi connectivity index (χ1v) is 8.14. The Kier molecular flexibility index (Phi) is 7.76. The lowest BCUT2D eigenvalue weighted by atomic mass is 9.97. The van der Waals surface area contributed by atoms with Crippen LogP contribution in [0.25, 0.3) is 0 Å². The van der Waals surface area contributed by atoms with Gasteiger partial charge in [0.25, 0.3) is 0 Å². The Morgan fingerprint density at radius 1 is 1.29 bits per heavy atom. The van der Waals surface area contributed by atoms with Gasteiger partial charge in [0.2, 0.25) is 0 Å². The minimum atomic E-state index is -0.263. The fourth-order valence-electron chi connectivity index (χ4n) is 2.28. The van der Waals surface area contributed by atoms with Gasteiger partial charge in [-0.3, -0.25) is 0 Å². The molecule has 0 radical (unpaired) electrons. The van der Waals surface area contributed by atoms with Gasteiger partial charge in [0.1, 0.15) is 5.75 Å². The summed E-state index contributed by atoms with van der Waals surface area (Å²) in [5.41, 5.74) is 1.01. The van der Waals surface area contributed by atoms with Gasteiger partial charge in [-0.25, -0.2) is 0 Å². The molecule has 21 heavy (non-hydrogen) atoms. The van der Waals surface area contributed by atoms with Crippen molar-refractivity contribution >= 4 is 0 Å². The van der Waals surface area contributed by atoms with Crippen molar-refractivity contribution in [1.29, 1.82) is 0 Å². The molecule has 2 N–H and O–H groups in total. The molecule has 2 atom stereocenters. The first kappa shape index (κ1) is 18.0. The van der Waals surface area contributed by atoms with Crippen molar-refractivity contribution in [2.45, 2.75) is 58.4 Å². The summed E-state index contributed by atoms with van der Waals surface area (Å²) in [6.45, 7) is 10.3. The van der Waals surface area contributed by atoms with Crippen LogP contribution in [0.5, 0.6) is 5.75 Å². The van der Waals surface area contributed by atoms with Crippen LogP contribution in [-0.4, -0.2) is 30.4 Å². The normalized spacial score (nSPS) is 15.5. The van der Waals surface area contributed by atoms with Gasteiger partial charge in [-0.2, -0.15) is 0 Å². The number of aliphatic hydroxyl groups is 1. The van der Waals surface area contributed by atoms with Crippen LogP contribution in [0.1, 0.15) is 58.4 Å². The highest BCUT2D eigenvalue weighted by Gasteiger charge is 2.22. The molecule has 0 spiro atoms. The number of aliphatic hydroxyl groups excluding tert-OH is 1. The minimum Gasteiger partial charge on any atom is -0.493 e. The molecule has 0 fully saturated rings. The van der Waals surface area contributed by atoms with Crippen molar-refractivity contribution in [1.82, 2.24) is 5.32 Å². The first-order chi connectivity index (χ1) is 10.1. The maximum atomic E-state index is 9.57. The average Bonchev–Trinajstić information content (AvgIpc) is 2.52. The van der Waals surface area contributed by atoms with Gasteiger partial charge >= 0.3 is 0 Å². The standard InChI is InChI=1S/C18H31NO2/c1-5-12-19-18(4,14-20)11-13-21-17-10-8-7-9-16(17)15(3)6-2/h7-10,15,19-20H,5-6,11-14H2,1-4H3. The van der Waals surface area contributed by atoms with Gasteiger partial charge in [0, 0.05) is 12.0 Å². The Hall–Kier alpha value is -1.06. The number of nitrogens with one attached hydrogen (secondary N) is 1. The Labute approximate surface area is 129 Å². The first-order valence-electron chi connectivity index (χ1n) is 8.14. The van der Waals surface area contributed by atoms with Crippen LogP contribution in [0.2, 0.25) is 0 Å². The van der Waals surface area contributed by atoms with Crippen LogP contribution >= 0.6 is 0 Å². The van der Waals surface area contributed by atoms with Gasteiger partial charge < -0.3 is 15.2 Å². The molecule has 0 saturated heterocycles. The van der Waals surface area contributed by atoms with Crippen molar-refractivity contribution in [3.8, 4) is 5.75 Å². The van der Waals surface area contributed by atoms with E-state index < -0.39 is 0 Å². The van der Waals surface area contributed by atoms with Crippen molar-refractivity contribution in [2.24, 2.45) is 0 Å². The molecule has 3 nitrogen and oxygen atoms in total. The molecule has 1 rings (SSSR count). The summed E-state index contributed by atoms with van der Waals surface area (Å²) in [5.74, 6) is 1.48. The topological polar surface area (TPSA) is 41.5 Å². The van der Waals surface area contributed by atoms with E-state index in [-0.39, 0.29) is 12.1 Å². The SMILES string of the molecule is CCCNC(C)(CO)CCOc1ccccc1C(C)CC. The largest absolute Gasteiger partial charge is 0.493 e. The number of rotatable bonds is 10. The van der Waals surface area contributed by atoms with E-state index in [4.69, 9.17) is 4.74 Å². The lowest BCUT2D eigenvalue weighted by Crippen LogP contribution is -2.47. The maximum absolute atomic E-state index is 9.57. The van der Waals surface area contributed by atoms with Crippen LogP contribution in [-0.2, 0) is 0 Å². The predicted octanol–water partition coefficient (Wildman–Crippen LogP) is 3.72. The van der Waals surface area contributed by atoms with Gasteiger partial charge in [0.05, 0.1) is 13.2 Å². The molecule has 3 heteroatoms. The highest BCUT2D eigenvalue weighted by atomic mass is 16.5. The number of benzene rings is 1. The molecule has 0 aliphatic rings.